The Balaban J connectivity index is 1.54. The lowest BCUT2D eigenvalue weighted by molar-refractivity contribution is -0.141. The number of ether oxygens (including phenoxy) is 2. The highest BCUT2D eigenvalue weighted by atomic mass is 16.7. The monoisotopic (exact) mass is 397 g/mol. The van der Waals surface area contributed by atoms with Gasteiger partial charge in [-0.05, 0) is 36.5 Å². The molecule has 6 nitrogen and oxygen atoms in total. The van der Waals surface area contributed by atoms with Gasteiger partial charge >= 0.3 is 0 Å². The van der Waals surface area contributed by atoms with Crippen molar-refractivity contribution < 1.29 is 14.3 Å². The van der Waals surface area contributed by atoms with E-state index in [0.29, 0.717) is 19.0 Å². The summed E-state index contributed by atoms with van der Waals surface area (Å²) < 4.78 is 11.1. The van der Waals surface area contributed by atoms with Gasteiger partial charge in [-0.2, -0.15) is 5.26 Å². The predicted octanol–water partition coefficient (Wildman–Crippen LogP) is 3.31. The highest BCUT2D eigenvalue weighted by Crippen LogP contribution is 2.44. The van der Waals surface area contributed by atoms with E-state index < -0.39 is 5.41 Å². The minimum atomic E-state index is -0.464. The lowest BCUT2D eigenvalue weighted by atomic mass is 9.68. The molecular formula is C23H31N3O3. The van der Waals surface area contributed by atoms with Crippen LogP contribution in [-0.4, -0.2) is 54.7 Å². The molecule has 0 bridgehead atoms. The summed E-state index contributed by atoms with van der Waals surface area (Å²) in [5.74, 6) is 2.05. The second-order valence-electron chi connectivity index (χ2n) is 8.86. The number of piperazine rings is 1. The first-order valence-corrected chi connectivity index (χ1v) is 10.9. The normalized spacial score (nSPS) is 22.3. The van der Waals surface area contributed by atoms with E-state index in [4.69, 9.17) is 9.47 Å². The number of fused-ring (bicyclic) bond motifs is 1. The molecule has 0 spiro atoms. The van der Waals surface area contributed by atoms with Crippen LogP contribution >= 0.6 is 0 Å². The first-order chi connectivity index (χ1) is 14.0. The van der Waals surface area contributed by atoms with Gasteiger partial charge in [0.1, 0.15) is 6.04 Å². The van der Waals surface area contributed by atoms with Crippen LogP contribution in [0.3, 0.4) is 0 Å². The van der Waals surface area contributed by atoms with Gasteiger partial charge < -0.3 is 14.4 Å². The van der Waals surface area contributed by atoms with Crippen LogP contribution in [-0.2, 0) is 10.2 Å². The van der Waals surface area contributed by atoms with Crippen LogP contribution in [0.25, 0.3) is 0 Å². The fraction of sp³-hybridized carbons (Fsp3) is 0.652. The summed E-state index contributed by atoms with van der Waals surface area (Å²) in [5.41, 5.74) is 0.597. The number of rotatable bonds is 4. The molecule has 1 aliphatic carbocycles. The SMILES string of the molecule is CC(C)C(C#N)N1CCN(C(=O)C2(c3ccc4c(c3)OCO4)CCCCC2)CC1. The van der Waals surface area contributed by atoms with Crippen LogP contribution in [0.2, 0.25) is 0 Å². The zero-order chi connectivity index (χ0) is 20.4. The van der Waals surface area contributed by atoms with Crippen LogP contribution in [0.4, 0.5) is 0 Å². The van der Waals surface area contributed by atoms with Gasteiger partial charge in [0.05, 0.1) is 11.5 Å². The third-order valence-corrected chi connectivity index (χ3v) is 6.80. The van der Waals surface area contributed by atoms with Crippen molar-refractivity contribution in [2.45, 2.75) is 57.4 Å². The Bertz CT molecular complexity index is 787. The Morgan fingerprint density at radius 3 is 2.41 bits per heavy atom. The van der Waals surface area contributed by atoms with Crippen LogP contribution in [0, 0.1) is 17.2 Å². The topological polar surface area (TPSA) is 65.8 Å². The molecule has 1 aromatic carbocycles. The predicted molar refractivity (Wildman–Crippen MR) is 110 cm³/mol. The Morgan fingerprint density at radius 2 is 1.76 bits per heavy atom. The molecule has 1 saturated heterocycles. The van der Waals surface area contributed by atoms with E-state index in [-0.39, 0.29) is 18.7 Å². The third-order valence-electron chi connectivity index (χ3n) is 6.80. The largest absolute Gasteiger partial charge is 0.454 e. The number of amides is 1. The summed E-state index contributed by atoms with van der Waals surface area (Å²) in [6.07, 6.45) is 5.11. The molecule has 0 radical (unpaired) electrons. The van der Waals surface area contributed by atoms with Crippen molar-refractivity contribution in [2.75, 3.05) is 33.0 Å². The van der Waals surface area contributed by atoms with Gasteiger partial charge in [-0.3, -0.25) is 9.69 Å². The van der Waals surface area contributed by atoms with E-state index in [2.05, 4.69) is 30.9 Å². The molecule has 1 aromatic rings. The lowest BCUT2D eigenvalue weighted by Gasteiger charge is -2.44. The van der Waals surface area contributed by atoms with Crippen LogP contribution in [0.5, 0.6) is 11.5 Å². The number of nitriles is 1. The summed E-state index contributed by atoms with van der Waals surface area (Å²) in [4.78, 5) is 18.1. The summed E-state index contributed by atoms with van der Waals surface area (Å²) in [6.45, 7) is 7.33. The molecule has 29 heavy (non-hydrogen) atoms. The zero-order valence-electron chi connectivity index (χ0n) is 17.5. The smallest absolute Gasteiger partial charge is 0.233 e. The molecule has 156 valence electrons. The van der Waals surface area contributed by atoms with Gasteiger partial charge in [0.25, 0.3) is 0 Å². The second-order valence-corrected chi connectivity index (χ2v) is 8.86. The zero-order valence-corrected chi connectivity index (χ0v) is 17.5. The maximum atomic E-state index is 13.8. The maximum absolute atomic E-state index is 13.8. The van der Waals surface area contributed by atoms with Crippen molar-refractivity contribution in [1.29, 1.82) is 5.26 Å². The molecule has 1 atom stereocenters. The molecule has 1 unspecified atom stereocenters. The van der Waals surface area contributed by atoms with Gasteiger partial charge in [0.2, 0.25) is 12.7 Å². The molecule has 2 heterocycles. The fourth-order valence-corrected chi connectivity index (χ4v) is 5.13. The third kappa shape index (κ3) is 3.69. The van der Waals surface area contributed by atoms with E-state index in [9.17, 15) is 10.1 Å². The quantitative estimate of drug-likeness (QED) is 0.780. The average molecular weight is 398 g/mol. The number of carbonyl (C=O) groups is 1. The fourth-order valence-electron chi connectivity index (χ4n) is 5.13. The van der Waals surface area contributed by atoms with Crippen LogP contribution in [0.1, 0.15) is 51.5 Å². The summed E-state index contributed by atoms with van der Waals surface area (Å²) >= 11 is 0. The molecule has 4 rings (SSSR count). The van der Waals surface area contributed by atoms with Crippen LogP contribution < -0.4 is 9.47 Å². The summed E-state index contributed by atoms with van der Waals surface area (Å²) in [6, 6.07) is 8.37. The molecule has 0 aromatic heterocycles. The van der Waals surface area contributed by atoms with Crippen molar-refractivity contribution in [3.63, 3.8) is 0 Å². The molecule has 2 fully saturated rings. The molecule has 1 amide bonds. The molecule has 0 N–H and O–H groups in total. The summed E-state index contributed by atoms with van der Waals surface area (Å²) in [5, 5.41) is 9.50. The minimum absolute atomic E-state index is 0.0789. The standard InChI is InChI=1S/C23H31N3O3/c1-17(2)19(15-24)25-10-12-26(13-11-25)22(27)23(8-4-3-5-9-23)18-6-7-20-21(14-18)29-16-28-20/h6-7,14,17,19H,3-5,8-13,16H2,1-2H3. The maximum Gasteiger partial charge on any atom is 0.233 e. The van der Waals surface area contributed by atoms with Gasteiger partial charge in [0.15, 0.2) is 11.5 Å². The number of nitrogens with zero attached hydrogens (tertiary/aromatic N) is 3. The number of carbonyl (C=O) groups excluding carboxylic acids is 1. The minimum Gasteiger partial charge on any atom is -0.454 e. The van der Waals surface area contributed by atoms with E-state index in [1.54, 1.807) is 0 Å². The Hall–Kier alpha value is -2.26. The van der Waals surface area contributed by atoms with E-state index in [1.807, 2.05) is 17.0 Å². The van der Waals surface area contributed by atoms with Gasteiger partial charge in [-0.1, -0.05) is 39.2 Å². The van der Waals surface area contributed by atoms with E-state index in [1.165, 1.54) is 6.42 Å². The average Bonchev–Trinajstić information content (AvgIpc) is 3.22. The van der Waals surface area contributed by atoms with E-state index >= 15 is 0 Å². The first kappa shape index (κ1) is 20.0. The van der Waals surface area contributed by atoms with Crippen molar-refractivity contribution in [1.82, 2.24) is 9.80 Å². The molecule has 1 saturated carbocycles. The molecular weight excluding hydrogens is 366 g/mol. The lowest BCUT2D eigenvalue weighted by Crippen LogP contribution is -2.57. The van der Waals surface area contributed by atoms with Gasteiger partial charge in [-0.15, -0.1) is 0 Å². The van der Waals surface area contributed by atoms with Crippen molar-refractivity contribution in [2.24, 2.45) is 5.92 Å². The van der Waals surface area contributed by atoms with Crippen molar-refractivity contribution in [3.05, 3.63) is 23.8 Å². The highest BCUT2D eigenvalue weighted by molar-refractivity contribution is 5.89. The first-order valence-electron chi connectivity index (χ1n) is 10.9. The Kier molecular flexibility index (Phi) is 5.69. The van der Waals surface area contributed by atoms with Gasteiger partial charge in [-0.25, -0.2) is 0 Å². The Labute approximate surface area is 173 Å². The molecule has 3 aliphatic rings. The van der Waals surface area contributed by atoms with E-state index in [0.717, 1.165) is 55.8 Å². The highest BCUT2D eigenvalue weighted by Gasteiger charge is 2.45. The van der Waals surface area contributed by atoms with Crippen molar-refractivity contribution in [3.8, 4) is 17.6 Å². The van der Waals surface area contributed by atoms with Crippen molar-refractivity contribution >= 4 is 5.91 Å². The molecule has 2 aliphatic heterocycles. The van der Waals surface area contributed by atoms with Crippen LogP contribution in [0.15, 0.2) is 18.2 Å². The molecule has 6 heteroatoms. The number of hydrogen-bond acceptors (Lipinski definition) is 5. The van der Waals surface area contributed by atoms with Gasteiger partial charge in [0, 0.05) is 26.2 Å². The number of benzene rings is 1. The Morgan fingerprint density at radius 1 is 1.07 bits per heavy atom. The summed E-state index contributed by atoms with van der Waals surface area (Å²) in [7, 11) is 0. The second kappa shape index (κ2) is 8.23. The number of hydrogen-bond donors (Lipinski definition) is 0.